The lowest BCUT2D eigenvalue weighted by Crippen LogP contribution is -2.00. The number of anilines is 2. The van der Waals surface area contributed by atoms with Gasteiger partial charge in [-0.15, -0.1) is 0 Å². The zero-order valence-corrected chi connectivity index (χ0v) is 10.0. The van der Waals surface area contributed by atoms with E-state index in [0.29, 0.717) is 11.4 Å². The number of hydrogen-bond donors (Lipinski definition) is 1. The van der Waals surface area contributed by atoms with E-state index in [4.69, 9.17) is 5.26 Å². The molecular formula is C13H11N3S. The fourth-order valence-electron chi connectivity index (χ4n) is 2.12. The SMILES string of the molecule is N#Cc1cc2c(nc1Nc1ccsc1)CCC2. The number of aromatic nitrogens is 1. The largest absolute Gasteiger partial charge is 0.338 e. The van der Waals surface area contributed by atoms with Gasteiger partial charge in [-0.25, -0.2) is 4.98 Å². The number of aryl methyl sites for hydroxylation is 2. The lowest BCUT2D eigenvalue weighted by Gasteiger charge is -2.08. The van der Waals surface area contributed by atoms with Crippen LogP contribution in [0.3, 0.4) is 0 Å². The summed E-state index contributed by atoms with van der Waals surface area (Å²) in [6.07, 6.45) is 3.23. The summed E-state index contributed by atoms with van der Waals surface area (Å²) in [4.78, 5) is 4.57. The van der Waals surface area contributed by atoms with E-state index in [1.165, 1.54) is 5.56 Å². The van der Waals surface area contributed by atoms with Crippen molar-refractivity contribution in [1.82, 2.24) is 4.98 Å². The van der Waals surface area contributed by atoms with Crippen LogP contribution in [0.5, 0.6) is 0 Å². The van der Waals surface area contributed by atoms with E-state index in [-0.39, 0.29) is 0 Å². The first kappa shape index (κ1) is 10.3. The van der Waals surface area contributed by atoms with E-state index in [9.17, 15) is 0 Å². The number of nitrogens with one attached hydrogen (secondary N) is 1. The second kappa shape index (κ2) is 4.19. The highest BCUT2D eigenvalue weighted by Crippen LogP contribution is 2.27. The minimum atomic E-state index is 0.636. The van der Waals surface area contributed by atoms with Gasteiger partial charge in [0.1, 0.15) is 11.9 Å². The summed E-state index contributed by atoms with van der Waals surface area (Å²) in [6, 6.07) is 6.18. The van der Waals surface area contributed by atoms with Crippen LogP contribution >= 0.6 is 11.3 Å². The molecule has 0 aromatic carbocycles. The first-order valence-electron chi connectivity index (χ1n) is 5.59. The second-order valence-corrected chi connectivity index (χ2v) is 4.87. The van der Waals surface area contributed by atoms with E-state index < -0.39 is 0 Å². The van der Waals surface area contributed by atoms with Crippen molar-refractivity contribution in [1.29, 1.82) is 5.26 Å². The van der Waals surface area contributed by atoms with Crippen LogP contribution in [0, 0.1) is 11.3 Å². The molecular weight excluding hydrogens is 230 g/mol. The summed E-state index contributed by atoms with van der Waals surface area (Å²) < 4.78 is 0. The Morgan fingerprint density at radius 1 is 1.41 bits per heavy atom. The third kappa shape index (κ3) is 1.90. The van der Waals surface area contributed by atoms with Crippen LogP contribution in [0.1, 0.15) is 23.2 Å². The topological polar surface area (TPSA) is 48.7 Å². The Balaban J connectivity index is 2.01. The first-order chi connectivity index (χ1) is 8.36. The van der Waals surface area contributed by atoms with Gasteiger partial charge in [0.05, 0.1) is 11.3 Å². The zero-order chi connectivity index (χ0) is 11.7. The highest BCUT2D eigenvalue weighted by atomic mass is 32.1. The molecule has 0 saturated heterocycles. The molecule has 0 unspecified atom stereocenters. The number of pyridine rings is 1. The maximum absolute atomic E-state index is 9.15. The number of hydrogen-bond acceptors (Lipinski definition) is 4. The van der Waals surface area contributed by atoms with Crippen molar-refractivity contribution >= 4 is 22.8 Å². The molecule has 0 saturated carbocycles. The lowest BCUT2D eigenvalue weighted by atomic mass is 10.1. The van der Waals surface area contributed by atoms with Crippen LogP contribution in [0.25, 0.3) is 0 Å². The lowest BCUT2D eigenvalue weighted by molar-refractivity contribution is 0.900. The van der Waals surface area contributed by atoms with Gasteiger partial charge in [0.15, 0.2) is 0 Å². The van der Waals surface area contributed by atoms with Gasteiger partial charge in [-0.2, -0.15) is 16.6 Å². The van der Waals surface area contributed by atoms with Gasteiger partial charge in [0.25, 0.3) is 0 Å². The van der Waals surface area contributed by atoms with Crippen molar-refractivity contribution in [2.45, 2.75) is 19.3 Å². The number of thiophene rings is 1. The van der Waals surface area contributed by atoms with Gasteiger partial charge in [-0.05, 0) is 42.3 Å². The van der Waals surface area contributed by atoms with Crippen molar-refractivity contribution in [2.75, 3.05) is 5.32 Å². The Morgan fingerprint density at radius 2 is 2.35 bits per heavy atom. The molecule has 0 bridgehead atoms. The molecule has 4 heteroatoms. The molecule has 0 radical (unpaired) electrons. The minimum Gasteiger partial charge on any atom is -0.338 e. The number of rotatable bonds is 2. The number of fused-ring (bicyclic) bond motifs is 1. The number of nitrogens with zero attached hydrogens (tertiary/aromatic N) is 2. The van der Waals surface area contributed by atoms with Crippen LogP contribution in [0.4, 0.5) is 11.5 Å². The highest BCUT2D eigenvalue weighted by molar-refractivity contribution is 7.08. The van der Waals surface area contributed by atoms with E-state index in [2.05, 4.69) is 16.4 Å². The van der Waals surface area contributed by atoms with Crippen molar-refractivity contribution < 1.29 is 0 Å². The maximum Gasteiger partial charge on any atom is 0.148 e. The van der Waals surface area contributed by atoms with Gasteiger partial charge >= 0.3 is 0 Å². The van der Waals surface area contributed by atoms with Gasteiger partial charge in [0, 0.05) is 11.1 Å². The van der Waals surface area contributed by atoms with Gasteiger partial charge in [-0.1, -0.05) is 0 Å². The van der Waals surface area contributed by atoms with Gasteiger partial charge in [-0.3, -0.25) is 0 Å². The number of nitriles is 1. The molecule has 2 aromatic heterocycles. The molecule has 2 aromatic rings. The maximum atomic E-state index is 9.15. The van der Waals surface area contributed by atoms with Crippen molar-refractivity contribution in [2.24, 2.45) is 0 Å². The predicted octanol–water partition coefficient (Wildman–Crippen LogP) is 3.25. The fraction of sp³-hybridized carbons (Fsp3) is 0.231. The average Bonchev–Trinajstić information content (AvgIpc) is 2.98. The molecule has 0 spiro atoms. The molecule has 1 N–H and O–H groups in total. The average molecular weight is 241 g/mol. The molecule has 0 fully saturated rings. The minimum absolute atomic E-state index is 0.636. The first-order valence-corrected chi connectivity index (χ1v) is 6.53. The van der Waals surface area contributed by atoms with Crippen molar-refractivity contribution in [3.05, 3.63) is 39.7 Å². The summed E-state index contributed by atoms with van der Waals surface area (Å²) in [5, 5.41) is 16.4. The third-order valence-corrected chi connectivity index (χ3v) is 3.64. The Hall–Kier alpha value is -1.86. The van der Waals surface area contributed by atoms with E-state index in [1.807, 2.05) is 22.9 Å². The quantitative estimate of drug-likeness (QED) is 0.878. The second-order valence-electron chi connectivity index (χ2n) is 4.09. The van der Waals surface area contributed by atoms with E-state index in [1.54, 1.807) is 11.3 Å². The summed E-state index contributed by atoms with van der Waals surface area (Å²) in [5.74, 6) is 0.687. The Bertz CT molecular complexity index is 581. The van der Waals surface area contributed by atoms with Crippen LogP contribution in [-0.4, -0.2) is 4.98 Å². The highest BCUT2D eigenvalue weighted by Gasteiger charge is 2.16. The predicted molar refractivity (Wildman–Crippen MR) is 68.6 cm³/mol. The molecule has 3 rings (SSSR count). The molecule has 0 aliphatic heterocycles. The molecule has 2 heterocycles. The van der Waals surface area contributed by atoms with E-state index in [0.717, 1.165) is 30.6 Å². The van der Waals surface area contributed by atoms with E-state index >= 15 is 0 Å². The third-order valence-electron chi connectivity index (χ3n) is 2.96. The molecule has 1 aliphatic carbocycles. The molecule has 17 heavy (non-hydrogen) atoms. The van der Waals surface area contributed by atoms with Gasteiger partial charge < -0.3 is 5.32 Å². The standard InChI is InChI=1S/C13H11N3S/c14-7-10-6-9-2-1-3-12(9)16-13(10)15-11-4-5-17-8-11/h4-6,8H,1-3H2,(H,15,16). The molecule has 1 aliphatic rings. The molecule has 3 nitrogen and oxygen atoms in total. The van der Waals surface area contributed by atoms with Crippen LogP contribution in [0.15, 0.2) is 22.9 Å². The van der Waals surface area contributed by atoms with Crippen molar-refractivity contribution in [3.63, 3.8) is 0 Å². The summed E-state index contributed by atoms with van der Waals surface area (Å²) in [5.41, 5.74) is 4.01. The Morgan fingerprint density at radius 3 is 3.12 bits per heavy atom. The summed E-state index contributed by atoms with van der Waals surface area (Å²) >= 11 is 1.62. The summed E-state index contributed by atoms with van der Waals surface area (Å²) in [6.45, 7) is 0. The molecule has 84 valence electrons. The van der Waals surface area contributed by atoms with Crippen LogP contribution in [-0.2, 0) is 12.8 Å². The Kier molecular flexibility index (Phi) is 2.54. The van der Waals surface area contributed by atoms with Gasteiger partial charge in [0.2, 0.25) is 0 Å². The smallest absolute Gasteiger partial charge is 0.148 e. The summed E-state index contributed by atoms with van der Waals surface area (Å²) in [7, 11) is 0. The van der Waals surface area contributed by atoms with Crippen molar-refractivity contribution in [3.8, 4) is 6.07 Å². The monoisotopic (exact) mass is 241 g/mol. The normalized spacial score (nSPS) is 13.1. The molecule has 0 atom stereocenters. The molecule has 0 amide bonds. The van der Waals surface area contributed by atoms with Crippen LogP contribution in [0.2, 0.25) is 0 Å². The fourth-order valence-corrected chi connectivity index (χ4v) is 2.71. The zero-order valence-electron chi connectivity index (χ0n) is 9.23. The van der Waals surface area contributed by atoms with Crippen LogP contribution < -0.4 is 5.32 Å². The Labute approximate surface area is 104 Å².